The summed E-state index contributed by atoms with van der Waals surface area (Å²) in [6.07, 6.45) is 0. The summed E-state index contributed by atoms with van der Waals surface area (Å²) in [5, 5.41) is 25.2. The van der Waals surface area contributed by atoms with E-state index in [0.717, 1.165) is 0 Å². The molecule has 0 unspecified atom stereocenters. The van der Waals surface area contributed by atoms with Gasteiger partial charge in [-0.25, -0.2) is 0 Å². The van der Waals surface area contributed by atoms with Gasteiger partial charge in [-0.15, -0.1) is 0 Å². The second-order valence-electron chi connectivity index (χ2n) is 27.7. The van der Waals surface area contributed by atoms with Crippen LogP contribution < -0.4 is 93.4 Å². The van der Waals surface area contributed by atoms with E-state index in [4.69, 9.17) is 13.3 Å². The molecular weight excluding hydrogens is 1170 g/mol. The maximum atomic E-state index is 6.59. The van der Waals surface area contributed by atoms with Gasteiger partial charge in [0.25, 0.3) is 25.0 Å². The molecule has 0 N–H and O–H groups in total. The number of benzene rings is 9. The van der Waals surface area contributed by atoms with Crippen LogP contribution in [-0.2, 0) is 13.3 Å². The van der Waals surface area contributed by atoms with Gasteiger partial charge in [-0.2, -0.15) is 0 Å². The van der Waals surface area contributed by atoms with Crippen molar-refractivity contribution < 1.29 is 13.3 Å². The minimum absolute atomic E-state index is 1.30. The molecule has 0 aromatic heterocycles. The molecule has 9 aromatic rings. The third-order valence-corrected chi connectivity index (χ3v) is 53.5. The van der Waals surface area contributed by atoms with Crippen molar-refractivity contribution in [3.63, 3.8) is 0 Å². The van der Waals surface area contributed by atoms with Crippen LogP contribution in [0.15, 0.2) is 218 Å². The van der Waals surface area contributed by atoms with Crippen molar-refractivity contribution >= 4 is 167 Å². The summed E-state index contributed by atoms with van der Waals surface area (Å²) >= 11 is 0. The highest BCUT2D eigenvalue weighted by molar-refractivity contribution is 7.05. The summed E-state index contributed by atoms with van der Waals surface area (Å²) in [7, 11) is -13.8. The van der Waals surface area contributed by atoms with Crippen molar-refractivity contribution in [2.24, 2.45) is 0 Å². The highest BCUT2D eigenvalue weighted by Gasteiger charge is 2.40. The van der Waals surface area contributed by atoms with Crippen LogP contribution >= 0.6 is 0 Å². The van der Waals surface area contributed by atoms with Gasteiger partial charge in [-0.3, -0.25) is 0 Å². The average molecular weight is 1260 g/mol. The average Bonchev–Trinajstić information content (AvgIpc) is 2.40. The molecule has 10 heterocycles. The molecule has 18 bridgehead atoms. The van der Waals surface area contributed by atoms with Crippen LogP contribution in [0, 0.1) is 0 Å². The van der Waals surface area contributed by atoms with Crippen molar-refractivity contribution in [2.75, 3.05) is 21.3 Å². The zero-order chi connectivity index (χ0) is 60.5. The molecule has 0 saturated carbocycles. The monoisotopic (exact) mass is 1250 g/mol. The lowest BCUT2D eigenvalue weighted by molar-refractivity contribution is 0.421. The minimum atomic E-state index is -2.48. The zero-order valence-corrected chi connectivity index (χ0v) is 62.5. The highest BCUT2D eigenvalue weighted by Crippen LogP contribution is 2.17. The topological polar surface area (TPSA) is 27.7 Å². The first-order chi connectivity index (χ1) is 39.6. The van der Waals surface area contributed by atoms with Crippen molar-refractivity contribution in [3.05, 3.63) is 218 Å². The number of hydrogen-bond acceptors (Lipinski definition) is 3. The Hall–Kier alpha value is -5.19. The van der Waals surface area contributed by atoms with Gasteiger partial charge < -0.3 is 13.3 Å². The lowest BCUT2D eigenvalue weighted by Gasteiger charge is -2.31. The quantitative estimate of drug-likeness (QED) is 0.205. The minimum Gasteiger partial charge on any atom is -0.411 e. The Morgan fingerprint density at radius 3 is 0.286 bits per heavy atom. The van der Waals surface area contributed by atoms with Gasteiger partial charge in [0.15, 0.2) is 0 Å². The van der Waals surface area contributed by atoms with Crippen LogP contribution in [-0.4, -0.2) is 94.7 Å². The van der Waals surface area contributed by atoms with E-state index in [9.17, 15) is 0 Å². The molecule has 12 heteroatoms. The van der Waals surface area contributed by atoms with Gasteiger partial charge in [0.1, 0.15) is 48.4 Å². The van der Waals surface area contributed by atoms with Gasteiger partial charge in [-0.1, -0.05) is 359 Å². The fourth-order valence-corrected chi connectivity index (χ4v) is 34.6. The Labute approximate surface area is 514 Å². The van der Waals surface area contributed by atoms with Crippen LogP contribution in [0.2, 0.25) is 98.2 Å². The van der Waals surface area contributed by atoms with E-state index in [1.54, 1.807) is 0 Å². The first-order valence-electron chi connectivity index (χ1n) is 30.2. The maximum Gasteiger partial charge on any atom is 0.252 e. The van der Waals surface area contributed by atoms with Crippen LogP contribution in [0.5, 0.6) is 0 Å². The fraction of sp³-hybridized carbons (Fsp3) is 0.250. The molecule has 0 spiro atoms. The molecule has 0 amide bonds. The highest BCUT2D eigenvalue weighted by atomic mass is 28.4. The van der Waals surface area contributed by atoms with E-state index >= 15 is 0 Å². The summed E-state index contributed by atoms with van der Waals surface area (Å²) in [4.78, 5) is 0. The third-order valence-electron chi connectivity index (χ3n) is 21.2. The molecule has 9 aromatic carbocycles. The molecule has 0 fully saturated rings. The predicted octanol–water partition coefficient (Wildman–Crippen LogP) is 5.94. The fourth-order valence-electron chi connectivity index (χ4n) is 13.3. The molecule has 19 rings (SSSR count). The Kier molecular flexibility index (Phi) is 16.8. The largest absolute Gasteiger partial charge is 0.411 e. The molecule has 0 atom stereocenters. The normalized spacial score (nSPS) is 22.1. The van der Waals surface area contributed by atoms with Gasteiger partial charge in [0.2, 0.25) is 0 Å². The van der Waals surface area contributed by atoms with Crippen molar-refractivity contribution in [2.45, 2.75) is 98.2 Å². The third kappa shape index (κ3) is 10.8. The van der Waals surface area contributed by atoms with Crippen LogP contribution in [0.3, 0.4) is 0 Å². The smallest absolute Gasteiger partial charge is 0.252 e. The predicted molar refractivity (Wildman–Crippen MR) is 392 cm³/mol. The molecule has 432 valence electrons. The molecule has 0 radical (unpaired) electrons. The number of hydrogen-bond donors (Lipinski definition) is 0. The van der Waals surface area contributed by atoms with Gasteiger partial charge in [-0.05, 0) is 50.8 Å². The van der Waals surface area contributed by atoms with E-state index in [1.165, 1.54) is 93.4 Å². The van der Waals surface area contributed by atoms with Crippen LogP contribution in [0.1, 0.15) is 0 Å². The SMILES string of the molecule is CO[Si]1(C)c2ccc(cc2)[Si](C)(C)c2ccc(cc2)[Si](C)(C)c2ccc(cc2)[Si](C)(OC)c2ccc(cc2)[Si](C)(C)c2ccc(cc2)[Si](C)(C)c2ccc(cc2)[Si](C)(OC)c2ccc(cc2)[Si](C)(C)c2ccc(cc2)[Si](C)(C)c2ccc1cc2. The lowest BCUT2D eigenvalue weighted by atomic mass is 10.3. The molecule has 84 heavy (non-hydrogen) atoms. The van der Waals surface area contributed by atoms with E-state index in [1.807, 2.05) is 21.3 Å². The Morgan fingerprint density at radius 2 is 0.214 bits per heavy atom. The van der Waals surface area contributed by atoms with Gasteiger partial charge in [0.05, 0.1) is 0 Å². The van der Waals surface area contributed by atoms with Crippen molar-refractivity contribution in [1.82, 2.24) is 0 Å². The van der Waals surface area contributed by atoms with E-state index in [0.29, 0.717) is 0 Å². The number of fused-ring (bicyclic) bond motifs is 9. The van der Waals surface area contributed by atoms with E-state index < -0.39 is 73.4 Å². The molecule has 0 aliphatic carbocycles. The summed E-state index contributed by atoms with van der Waals surface area (Å²) in [5.41, 5.74) is 0. The first-order valence-corrected chi connectivity index (χ1v) is 55.5. The molecule has 3 nitrogen and oxygen atoms in total. The molecule has 0 saturated heterocycles. The van der Waals surface area contributed by atoms with Crippen molar-refractivity contribution in [1.29, 1.82) is 0 Å². The Bertz CT molecular complexity index is 3130. The van der Waals surface area contributed by atoms with Crippen molar-refractivity contribution in [3.8, 4) is 0 Å². The second kappa shape index (κ2) is 22.8. The molecule has 10 aliphatic heterocycles. The van der Waals surface area contributed by atoms with Gasteiger partial charge in [0, 0.05) is 21.3 Å². The van der Waals surface area contributed by atoms with E-state index in [2.05, 4.69) is 317 Å². The summed E-state index contributed by atoms with van der Waals surface area (Å²) in [6, 6.07) is 86.5. The zero-order valence-electron chi connectivity index (χ0n) is 53.5. The second-order valence-corrected chi connectivity index (χ2v) is 65.0. The summed E-state index contributed by atoms with van der Waals surface area (Å²) in [6.45, 7) is 37.0. The Morgan fingerprint density at radius 1 is 0.143 bits per heavy atom. The van der Waals surface area contributed by atoms with Crippen LogP contribution in [0.25, 0.3) is 0 Å². The maximum absolute atomic E-state index is 6.59. The van der Waals surface area contributed by atoms with E-state index in [-0.39, 0.29) is 0 Å². The molecule has 10 aliphatic rings. The number of rotatable bonds is 3. The van der Waals surface area contributed by atoms with Gasteiger partial charge >= 0.3 is 0 Å². The standard InChI is InChI=1S/C72H90O3Si9/c1-73-82(16)67-43-31-61(32-44-67)76(4,5)55-19-23-57(24-20-55)78(8,9)63-35-47-69(48-36-63)83(17,74-2)71-51-39-65(40-52-71)80(12,13)59-27-29-60(30-28-59)81(14,15)66-41-53-72(54-42-66)84(18,75-3)70-49-37-64(38-50-70)79(10,11)58-25-21-56(22-26-58)77(6,7)62-33-45-68(82)46-34-62/h19-54H,1-18H3. The summed E-state index contributed by atoms with van der Waals surface area (Å²) < 4.78 is 19.8. The molecular formula is C72H90O3Si9. The first kappa shape index (κ1) is 61.9. The Balaban J connectivity index is 0.993. The summed E-state index contributed by atoms with van der Waals surface area (Å²) in [5.74, 6) is 0. The van der Waals surface area contributed by atoms with Crippen LogP contribution in [0.4, 0.5) is 0 Å². The lowest BCUT2D eigenvalue weighted by Crippen LogP contribution is -2.60.